The molecule has 1 N–H and O–H groups in total. The van der Waals surface area contributed by atoms with Gasteiger partial charge in [0.15, 0.2) is 5.52 Å². The molecule has 3 rings (SSSR count). The zero-order valence-electron chi connectivity index (χ0n) is 13.9. The van der Waals surface area contributed by atoms with Gasteiger partial charge < -0.3 is 19.9 Å². The van der Waals surface area contributed by atoms with Gasteiger partial charge in [-0.15, -0.1) is 0 Å². The lowest BCUT2D eigenvalue weighted by molar-refractivity contribution is -0.382. The van der Waals surface area contributed by atoms with Crippen molar-refractivity contribution in [2.75, 3.05) is 57.1 Å². The standard InChI is InChI=1S/C14H18N6O5/c1-18-3-5-19(6-4-18)10-7-9(15-8-11(21)24-2)12-13(17-25-16-12)14(10)20(22)23/h7,15H,3-6,8H2,1-2H3. The maximum atomic E-state index is 11.6. The summed E-state index contributed by atoms with van der Waals surface area (Å²) in [5.41, 5.74) is 0.960. The van der Waals surface area contributed by atoms with Crippen LogP contribution in [0.25, 0.3) is 11.0 Å². The molecule has 0 bridgehead atoms. The number of nitro groups is 1. The van der Waals surface area contributed by atoms with Gasteiger partial charge in [-0.1, -0.05) is 0 Å². The summed E-state index contributed by atoms with van der Waals surface area (Å²) in [5, 5.41) is 21.9. The van der Waals surface area contributed by atoms with Gasteiger partial charge in [0.25, 0.3) is 0 Å². The Morgan fingerprint density at radius 2 is 2.04 bits per heavy atom. The van der Waals surface area contributed by atoms with Gasteiger partial charge in [0, 0.05) is 26.2 Å². The second-order valence-electron chi connectivity index (χ2n) is 5.73. The Hall–Kier alpha value is -2.95. The number of fused-ring (bicyclic) bond motifs is 1. The molecule has 11 heteroatoms. The number of nitro benzene ring substituents is 1. The maximum absolute atomic E-state index is 11.6. The Balaban J connectivity index is 2.05. The average molecular weight is 350 g/mol. The quantitative estimate of drug-likeness (QED) is 0.461. The summed E-state index contributed by atoms with van der Waals surface area (Å²) in [6, 6.07) is 1.61. The van der Waals surface area contributed by atoms with Crippen LogP contribution in [0.2, 0.25) is 0 Å². The highest BCUT2D eigenvalue weighted by Gasteiger charge is 2.30. The van der Waals surface area contributed by atoms with Crippen molar-refractivity contribution in [2.24, 2.45) is 0 Å². The number of benzene rings is 1. The van der Waals surface area contributed by atoms with E-state index in [4.69, 9.17) is 4.63 Å². The van der Waals surface area contributed by atoms with E-state index in [9.17, 15) is 14.9 Å². The van der Waals surface area contributed by atoms with Gasteiger partial charge in [-0.05, 0) is 23.4 Å². The molecule has 11 nitrogen and oxygen atoms in total. The molecule has 0 unspecified atom stereocenters. The van der Waals surface area contributed by atoms with E-state index < -0.39 is 10.9 Å². The summed E-state index contributed by atoms with van der Waals surface area (Å²) in [6.45, 7) is 2.77. The Labute approximate surface area is 142 Å². The summed E-state index contributed by atoms with van der Waals surface area (Å²) >= 11 is 0. The predicted molar refractivity (Wildman–Crippen MR) is 88.7 cm³/mol. The third-order valence-electron chi connectivity index (χ3n) is 4.17. The fraction of sp³-hybridized carbons (Fsp3) is 0.500. The van der Waals surface area contributed by atoms with Crippen molar-refractivity contribution in [3.8, 4) is 0 Å². The van der Waals surface area contributed by atoms with Gasteiger partial charge in [-0.25, -0.2) is 4.63 Å². The highest BCUT2D eigenvalue weighted by Crippen LogP contribution is 2.39. The van der Waals surface area contributed by atoms with Gasteiger partial charge >= 0.3 is 11.7 Å². The fourth-order valence-corrected chi connectivity index (χ4v) is 2.76. The van der Waals surface area contributed by atoms with Crippen LogP contribution in [0.15, 0.2) is 10.7 Å². The van der Waals surface area contributed by atoms with Crippen molar-refractivity contribution in [3.63, 3.8) is 0 Å². The maximum Gasteiger partial charge on any atom is 0.325 e. The SMILES string of the molecule is COC(=O)CNc1cc(N2CCN(C)CC2)c([N+](=O)[O-])c2nonc12. The van der Waals surface area contributed by atoms with Crippen LogP contribution in [0, 0.1) is 10.1 Å². The lowest BCUT2D eigenvalue weighted by Crippen LogP contribution is -2.44. The number of methoxy groups -OCH3 is 1. The summed E-state index contributed by atoms with van der Waals surface area (Å²) in [4.78, 5) is 26.6. The second-order valence-corrected chi connectivity index (χ2v) is 5.73. The number of carbonyl (C=O) groups excluding carboxylic acids is 1. The molecule has 1 aliphatic heterocycles. The van der Waals surface area contributed by atoms with Crippen LogP contribution in [0.1, 0.15) is 0 Å². The minimum absolute atomic E-state index is 0.0498. The molecule has 0 saturated carbocycles. The first-order chi connectivity index (χ1) is 12.0. The third-order valence-corrected chi connectivity index (χ3v) is 4.17. The Morgan fingerprint density at radius 3 is 2.68 bits per heavy atom. The molecule has 1 saturated heterocycles. The molecule has 25 heavy (non-hydrogen) atoms. The first-order valence-corrected chi connectivity index (χ1v) is 7.69. The van der Waals surface area contributed by atoms with Gasteiger partial charge in [-0.3, -0.25) is 14.9 Å². The molecular weight excluding hydrogens is 332 g/mol. The van der Waals surface area contributed by atoms with E-state index in [2.05, 4.69) is 25.3 Å². The highest BCUT2D eigenvalue weighted by molar-refractivity contribution is 6.00. The number of piperazine rings is 1. The first-order valence-electron chi connectivity index (χ1n) is 7.69. The zero-order valence-corrected chi connectivity index (χ0v) is 13.9. The Morgan fingerprint density at radius 1 is 1.36 bits per heavy atom. The van der Waals surface area contributed by atoms with E-state index in [1.807, 2.05) is 11.9 Å². The van der Waals surface area contributed by atoms with Crippen LogP contribution in [0.5, 0.6) is 0 Å². The van der Waals surface area contributed by atoms with E-state index in [0.717, 1.165) is 13.1 Å². The summed E-state index contributed by atoms with van der Waals surface area (Å²) in [5.74, 6) is -0.468. The largest absolute Gasteiger partial charge is 0.468 e. The number of likely N-dealkylation sites (N-methyl/N-ethyl adjacent to an activating group) is 1. The number of rotatable bonds is 5. The van der Waals surface area contributed by atoms with E-state index in [1.54, 1.807) is 6.07 Å². The van der Waals surface area contributed by atoms with Crippen LogP contribution in [0.4, 0.5) is 17.1 Å². The fourth-order valence-electron chi connectivity index (χ4n) is 2.76. The van der Waals surface area contributed by atoms with Crippen molar-refractivity contribution in [1.29, 1.82) is 0 Å². The number of esters is 1. The molecule has 1 fully saturated rings. The minimum atomic E-state index is -0.482. The predicted octanol–water partition coefficient (Wildman–Crippen LogP) is 0.468. The van der Waals surface area contributed by atoms with E-state index in [-0.39, 0.29) is 23.3 Å². The highest BCUT2D eigenvalue weighted by atomic mass is 16.6. The number of carbonyl (C=O) groups is 1. The second kappa shape index (κ2) is 6.89. The molecule has 2 heterocycles. The molecule has 0 spiro atoms. The van der Waals surface area contributed by atoms with Gasteiger partial charge in [-0.2, -0.15) is 0 Å². The molecule has 0 aliphatic carbocycles. The van der Waals surface area contributed by atoms with E-state index in [1.165, 1.54) is 7.11 Å². The normalized spacial score (nSPS) is 15.4. The van der Waals surface area contributed by atoms with Crippen LogP contribution in [-0.2, 0) is 9.53 Å². The van der Waals surface area contributed by atoms with Gasteiger partial charge in [0.2, 0.25) is 5.52 Å². The minimum Gasteiger partial charge on any atom is -0.468 e. The van der Waals surface area contributed by atoms with Crippen molar-refractivity contribution in [2.45, 2.75) is 0 Å². The first kappa shape index (κ1) is 16.9. The van der Waals surface area contributed by atoms with Crippen molar-refractivity contribution < 1.29 is 19.1 Å². The van der Waals surface area contributed by atoms with Crippen LogP contribution in [-0.4, -0.2) is 73.0 Å². The summed E-state index contributed by atoms with van der Waals surface area (Å²) in [7, 11) is 3.28. The number of hydrogen-bond acceptors (Lipinski definition) is 10. The van der Waals surface area contributed by atoms with Crippen LogP contribution >= 0.6 is 0 Å². The van der Waals surface area contributed by atoms with Crippen LogP contribution < -0.4 is 10.2 Å². The van der Waals surface area contributed by atoms with Crippen molar-refractivity contribution >= 4 is 34.1 Å². The lowest BCUT2D eigenvalue weighted by Gasteiger charge is -2.33. The Bertz CT molecular complexity index is 798. The van der Waals surface area contributed by atoms with E-state index >= 15 is 0 Å². The molecule has 1 aliphatic rings. The molecular formula is C14H18N6O5. The number of nitrogens with zero attached hydrogens (tertiary/aromatic N) is 5. The Kier molecular flexibility index (Phi) is 4.65. The van der Waals surface area contributed by atoms with Gasteiger partial charge in [0.05, 0.1) is 17.7 Å². The molecule has 0 amide bonds. The third kappa shape index (κ3) is 3.31. The summed E-state index contributed by atoms with van der Waals surface area (Å²) in [6.07, 6.45) is 0. The molecule has 0 radical (unpaired) electrons. The zero-order chi connectivity index (χ0) is 18.0. The van der Waals surface area contributed by atoms with Gasteiger partial charge in [0.1, 0.15) is 12.2 Å². The molecule has 1 aromatic carbocycles. The van der Waals surface area contributed by atoms with Crippen molar-refractivity contribution in [3.05, 3.63) is 16.2 Å². The number of anilines is 2. The van der Waals surface area contributed by atoms with E-state index in [0.29, 0.717) is 24.5 Å². The molecule has 2 aromatic rings. The number of nitrogens with one attached hydrogen (secondary N) is 1. The molecule has 1 aromatic heterocycles. The molecule has 134 valence electrons. The topological polar surface area (TPSA) is 127 Å². The van der Waals surface area contributed by atoms with Crippen molar-refractivity contribution in [1.82, 2.24) is 15.2 Å². The molecule has 0 atom stereocenters. The number of ether oxygens (including phenoxy) is 1. The number of hydrogen-bond donors (Lipinski definition) is 1. The smallest absolute Gasteiger partial charge is 0.325 e. The average Bonchev–Trinajstić information content (AvgIpc) is 3.08. The summed E-state index contributed by atoms with van der Waals surface area (Å²) < 4.78 is 9.30. The lowest BCUT2D eigenvalue weighted by atomic mass is 10.1. The monoisotopic (exact) mass is 350 g/mol. The number of aromatic nitrogens is 2. The van der Waals surface area contributed by atoms with Crippen LogP contribution in [0.3, 0.4) is 0 Å².